The molecule has 2 heterocycles. The van der Waals surface area contributed by atoms with Crippen LogP contribution in [0.5, 0.6) is 0 Å². The van der Waals surface area contributed by atoms with E-state index in [0.29, 0.717) is 6.04 Å². The molecule has 2 atom stereocenters. The standard InChI is InChI=1S/C19H26N4O/c1-15-13-22(14-16(2)24)10-11-23(15)19-8-9-20-18(21-19)12-17-6-4-3-5-7-17/h3-9,15-16,24H,10-14H2,1-2H3. The van der Waals surface area contributed by atoms with Gasteiger partial charge in [-0.05, 0) is 25.5 Å². The van der Waals surface area contributed by atoms with Crippen LogP contribution in [-0.4, -0.2) is 58.3 Å². The molecule has 5 heteroatoms. The lowest BCUT2D eigenvalue weighted by molar-refractivity contribution is 0.114. The lowest BCUT2D eigenvalue weighted by Gasteiger charge is -2.41. The van der Waals surface area contributed by atoms with Crippen LogP contribution < -0.4 is 4.90 Å². The first-order chi connectivity index (χ1) is 11.6. The van der Waals surface area contributed by atoms with Crippen LogP contribution in [0.25, 0.3) is 0 Å². The zero-order valence-electron chi connectivity index (χ0n) is 14.5. The summed E-state index contributed by atoms with van der Waals surface area (Å²) in [6.07, 6.45) is 2.33. The second kappa shape index (κ2) is 7.73. The lowest BCUT2D eigenvalue weighted by atomic mass is 10.1. The molecule has 5 nitrogen and oxygen atoms in total. The third kappa shape index (κ3) is 4.30. The van der Waals surface area contributed by atoms with Gasteiger partial charge in [-0.15, -0.1) is 0 Å². The number of hydrogen-bond donors (Lipinski definition) is 1. The molecule has 2 unspecified atom stereocenters. The number of nitrogens with zero attached hydrogens (tertiary/aromatic N) is 4. The van der Waals surface area contributed by atoms with E-state index < -0.39 is 0 Å². The molecule has 0 radical (unpaired) electrons. The topological polar surface area (TPSA) is 52.5 Å². The minimum absolute atomic E-state index is 0.278. The van der Waals surface area contributed by atoms with E-state index in [-0.39, 0.29) is 6.10 Å². The zero-order chi connectivity index (χ0) is 16.9. The summed E-state index contributed by atoms with van der Waals surface area (Å²) in [6.45, 7) is 7.62. The molecule has 0 saturated carbocycles. The molecule has 1 fully saturated rings. The van der Waals surface area contributed by atoms with E-state index in [1.54, 1.807) is 0 Å². The van der Waals surface area contributed by atoms with E-state index in [4.69, 9.17) is 4.98 Å². The third-order valence-corrected chi connectivity index (χ3v) is 4.42. The van der Waals surface area contributed by atoms with Gasteiger partial charge in [-0.1, -0.05) is 30.3 Å². The van der Waals surface area contributed by atoms with Crippen molar-refractivity contribution in [2.75, 3.05) is 31.1 Å². The molecule has 1 saturated heterocycles. The van der Waals surface area contributed by atoms with Crippen LogP contribution in [0.3, 0.4) is 0 Å². The van der Waals surface area contributed by atoms with Gasteiger partial charge >= 0.3 is 0 Å². The van der Waals surface area contributed by atoms with Crippen LogP contribution >= 0.6 is 0 Å². The number of aliphatic hydroxyl groups excluding tert-OH is 1. The second-order valence-electron chi connectivity index (χ2n) is 6.64. The maximum atomic E-state index is 9.57. The second-order valence-corrected chi connectivity index (χ2v) is 6.64. The lowest BCUT2D eigenvalue weighted by Crippen LogP contribution is -2.53. The van der Waals surface area contributed by atoms with Crippen molar-refractivity contribution in [3.05, 3.63) is 54.0 Å². The molecule has 1 aliphatic heterocycles. The Labute approximate surface area is 144 Å². The van der Waals surface area contributed by atoms with Crippen molar-refractivity contribution in [2.24, 2.45) is 0 Å². The summed E-state index contributed by atoms with van der Waals surface area (Å²) in [5.41, 5.74) is 1.23. The number of aliphatic hydroxyl groups is 1. The largest absolute Gasteiger partial charge is 0.392 e. The molecule has 128 valence electrons. The summed E-state index contributed by atoms with van der Waals surface area (Å²) in [7, 11) is 0. The zero-order valence-corrected chi connectivity index (χ0v) is 14.5. The van der Waals surface area contributed by atoms with Gasteiger partial charge in [-0.3, -0.25) is 4.90 Å². The van der Waals surface area contributed by atoms with E-state index in [0.717, 1.165) is 44.2 Å². The summed E-state index contributed by atoms with van der Waals surface area (Å²) in [5, 5.41) is 9.57. The highest BCUT2D eigenvalue weighted by atomic mass is 16.3. The smallest absolute Gasteiger partial charge is 0.135 e. The molecule has 24 heavy (non-hydrogen) atoms. The molecule has 2 aromatic rings. The summed E-state index contributed by atoms with van der Waals surface area (Å²) in [4.78, 5) is 13.9. The number of rotatable bonds is 5. The number of aromatic nitrogens is 2. The van der Waals surface area contributed by atoms with Crippen LogP contribution in [0.2, 0.25) is 0 Å². The molecule has 0 bridgehead atoms. The molecule has 1 aromatic carbocycles. The van der Waals surface area contributed by atoms with Gasteiger partial charge in [0.25, 0.3) is 0 Å². The predicted octanol–water partition coefficient (Wildman–Crippen LogP) is 1.96. The Hall–Kier alpha value is -1.98. The third-order valence-electron chi connectivity index (χ3n) is 4.42. The van der Waals surface area contributed by atoms with Gasteiger partial charge in [0, 0.05) is 44.8 Å². The number of β-amino-alcohol motifs (C(OH)–C–C–N with tert-alkyl or cyclic N) is 1. The molecule has 3 rings (SSSR count). The van der Waals surface area contributed by atoms with Crippen molar-refractivity contribution in [2.45, 2.75) is 32.4 Å². The monoisotopic (exact) mass is 326 g/mol. The quantitative estimate of drug-likeness (QED) is 0.910. The minimum atomic E-state index is -0.278. The fraction of sp³-hybridized carbons (Fsp3) is 0.474. The van der Waals surface area contributed by atoms with Crippen LogP contribution in [0.15, 0.2) is 42.6 Å². The molecular formula is C19H26N4O. The van der Waals surface area contributed by atoms with Gasteiger partial charge < -0.3 is 10.0 Å². The Kier molecular flexibility index (Phi) is 5.43. The van der Waals surface area contributed by atoms with Gasteiger partial charge in [-0.25, -0.2) is 9.97 Å². The fourth-order valence-electron chi connectivity index (χ4n) is 3.32. The van der Waals surface area contributed by atoms with Crippen LogP contribution in [0.1, 0.15) is 25.2 Å². The van der Waals surface area contributed by atoms with Gasteiger partial charge in [0.15, 0.2) is 0 Å². The Bertz CT molecular complexity index is 647. The molecular weight excluding hydrogens is 300 g/mol. The fourth-order valence-corrected chi connectivity index (χ4v) is 3.32. The Morgan fingerprint density at radius 1 is 1.21 bits per heavy atom. The number of piperazine rings is 1. The first kappa shape index (κ1) is 16.9. The highest BCUT2D eigenvalue weighted by Gasteiger charge is 2.25. The average molecular weight is 326 g/mol. The van der Waals surface area contributed by atoms with Crippen LogP contribution in [0.4, 0.5) is 5.82 Å². The first-order valence-electron chi connectivity index (χ1n) is 8.64. The first-order valence-corrected chi connectivity index (χ1v) is 8.64. The summed E-state index contributed by atoms with van der Waals surface area (Å²) in [6, 6.07) is 12.7. The van der Waals surface area contributed by atoms with E-state index in [1.165, 1.54) is 5.56 Å². The Balaban J connectivity index is 1.68. The molecule has 1 N–H and O–H groups in total. The average Bonchev–Trinajstić information content (AvgIpc) is 2.55. The number of benzene rings is 1. The van der Waals surface area contributed by atoms with Gasteiger partial charge in [-0.2, -0.15) is 0 Å². The van der Waals surface area contributed by atoms with Gasteiger partial charge in [0.2, 0.25) is 0 Å². The van der Waals surface area contributed by atoms with Gasteiger partial charge in [0.1, 0.15) is 11.6 Å². The van der Waals surface area contributed by atoms with Crippen molar-refractivity contribution >= 4 is 5.82 Å². The highest BCUT2D eigenvalue weighted by molar-refractivity contribution is 5.40. The molecule has 1 aliphatic rings. The van der Waals surface area contributed by atoms with E-state index in [9.17, 15) is 5.11 Å². The van der Waals surface area contributed by atoms with Crippen LogP contribution in [-0.2, 0) is 6.42 Å². The normalized spacial score (nSPS) is 20.1. The SMILES string of the molecule is CC(O)CN1CCN(c2ccnc(Cc3ccccc3)n2)C(C)C1. The van der Waals surface area contributed by atoms with Gasteiger partial charge in [0.05, 0.1) is 6.10 Å². The summed E-state index contributed by atoms with van der Waals surface area (Å²) in [5.74, 6) is 1.86. The highest BCUT2D eigenvalue weighted by Crippen LogP contribution is 2.19. The van der Waals surface area contributed by atoms with Crippen molar-refractivity contribution in [3.63, 3.8) is 0 Å². The molecule has 0 amide bonds. The number of anilines is 1. The van der Waals surface area contributed by atoms with Crippen molar-refractivity contribution in [1.29, 1.82) is 0 Å². The van der Waals surface area contributed by atoms with Crippen molar-refractivity contribution < 1.29 is 5.11 Å². The molecule has 1 aromatic heterocycles. The predicted molar refractivity (Wildman–Crippen MR) is 96.2 cm³/mol. The van der Waals surface area contributed by atoms with Crippen LogP contribution in [0, 0.1) is 0 Å². The summed E-state index contributed by atoms with van der Waals surface area (Å²) < 4.78 is 0. The minimum Gasteiger partial charge on any atom is -0.392 e. The maximum Gasteiger partial charge on any atom is 0.135 e. The summed E-state index contributed by atoms with van der Waals surface area (Å²) >= 11 is 0. The van der Waals surface area contributed by atoms with Crippen molar-refractivity contribution in [3.8, 4) is 0 Å². The van der Waals surface area contributed by atoms with Crippen molar-refractivity contribution in [1.82, 2.24) is 14.9 Å². The molecule has 0 aliphatic carbocycles. The van der Waals surface area contributed by atoms with E-state index >= 15 is 0 Å². The maximum absolute atomic E-state index is 9.57. The molecule has 0 spiro atoms. The number of hydrogen-bond acceptors (Lipinski definition) is 5. The van der Waals surface area contributed by atoms with E-state index in [2.05, 4.69) is 33.8 Å². The Morgan fingerprint density at radius 2 is 2.00 bits per heavy atom. The van der Waals surface area contributed by atoms with E-state index in [1.807, 2.05) is 37.4 Å². The Morgan fingerprint density at radius 3 is 2.71 bits per heavy atom.